The van der Waals surface area contributed by atoms with Gasteiger partial charge in [-0.05, 0) is 33.6 Å². The highest BCUT2D eigenvalue weighted by molar-refractivity contribution is 9.10. The normalized spacial score (nSPS) is 9.80. The molecule has 0 amide bonds. The summed E-state index contributed by atoms with van der Waals surface area (Å²) in [5.74, 6) is 0.198. The SMILES string of the molecule is COc1cc(CC(=O)O)cc(Br)c1OC. The average molecular weight is 275 g/mol. The number of rotatable bonds is 4. The highest BCUT2D eigenvalue weighted by Gasteiger charge is 2.11. The number of ether oxygens (including phenoxy) is 2. The van der Waals surface area contributed by atoms with Gasteiger partial charge < -0.3 is 14.6 Å². The molecule has 0 spiro atoms. The number of carboxylic acids is 1. The summed E-state index contributed by atoms with van der Waals surface area (Å²) < 4.78 is 10.9. The van der Waals surface area contributed by atoms with Crippen LogP contribution in [0.5, 0.6) is 11.5 Å². The maximum Gasteiger partial charge on any atom is 0.307 e. The van der Waals surface area contributed by atoms with Gasteiger partial charge in [-0.2, -0.15) is 0 Å². The third-order valence-corrected chi connectivity index (χ3v) is 2.44. The zero-order valence-electron chi connectivity index (χ0n) is 8.41. The van der Waals surface area contributed by atoms with Gasteiger partial charge in [0.05, 0.1) is 25.1 Å². The van der Waals surface area contributed by atoms with Crippen molar-refractivity contribution in [2.45, 2.75) is 6.42 Å². The van der Waals surface area contributed by atoms with Gasteiger partial charge in [0.2, 0.25) is 0 Å². The Morgan fingerprint density at radius 2 is 2.07 bits per heavy atom. The van der Waals surface area contributed by atoms with Crippen molar-refractivity contribution in [2.75, 3.05) is 14.2 Å². The van der Waals surface area contributed by atoms with Crippen LogP contribution < -0.4 is 9.47 Å². The molecule has 1 aromatic rings. The van der Waals surface area contributed by atoms with Crippen molar-refractivity contribution in [3.63, 3.8) is 0 Å². The quantitative estimate of drug-likeness (QED) is 0.914. The number of carboxylic acid groups (broad SMARTS) is 1. The smallest absolute Gasteiger partial charge is 0.307 e. The second kappa shape index (κ2) is 5.02. The molecule has 0 radical (unpaired) electrons. The summed E-state index contributed by atoms with van der Waals surface area (Å²) in [6.45, 7) is 0. The Balaban J connectivity index is 3.13. The number of methoxy groups -OCH3 is 2. The van der Waals surface area contributed by atoms with Crippen molar-refractivity contribution in [3.05, 3.63) is 22.2 Å². The van der Waals surface area contributed by atoms with E-state index in [9.17, 15) is 4.79 Å². The van der Waals surface area contributed by atoms with Crippen LogP contribution in [-0.2, 0) is 11.2 Å². The Hall–Kier alpha value is -1.23. The molecule has 1 aromatic carbocycles. The molecule has 0 aliphatic rings. The minimum absolute atomic E-state index is 0.0427. The molecule has 0 saturated heterocycles. The van der Waals surface area contributed by atoms with Crippen LogP contribution in [0.15, 0.2) is 16.6 Å². The lowest BCUT2D eigenvalue weighted by Crippen LogP contribution is -2.01. The lowest BCUT2D eigenvalue weighted by Gasteiger charge is -2.10. The molecule has 0 heterocycles. The molecule has 0 bridgehead atoms. The van der Waals surface area contributed by atoms with Crippen molar-refractivity contribution in [1.82, 2.24) is 0 Å². The van der Waals surface area contributed by atoms with Crippen molar-refractivity contribution >= 4 is 21.9 Å². The molecule has 0 unspecified atom stereocenters. The Labute approximate surface area is 95.9 Å². The fraction of sp³-hybridized carbons (Fsp3) is 0.300. The van der Waals surface area contributed by atoms with E-state index in [0.717, 1.165) is 0 Å². The zero-order valence-corrected chi connectivity index (χ0v) is 10.00. The summed E-state index contributed by atoms with van der Waals surface area (Å²) in [7, 11) is 3.04. The van der Waals surface area contributed by atoms with E-state index >= 15 is 0 Å². The molecule has 82 valence electrons. The fourth-order valence-electron chi connectivity index (χ4n) is 1.25. The topological polar surface area (TPSA) is 55.8 Å². The minimum Gasteiger partial charge on any atom is -0.493 e. The number of hydrogen-bond donors (Lipinski definition) is 1. The minimum atomic E-state index is -0.880. The van der Waals surface area contributed by atoms with Crippen LogP contribution in [0.2, 0.25) is 0 Å². The summed E-state index contributed by atoms with van der Waals surface area (Å²) in [5, 5.41) is 8.66. The number of carbonyl (C=O) groups is 1. The molecule has 0 aromatic heterocycles. The maximum atomic E-state index is 10.5. The van der Waals surface area contributed by atoms with Gasteiger partial charge in [0.25, 0.3) is 0 Å². The fourth-order valence-corrected chi connectivity index (χ4v) is 1.90. The van der Waals surface area contributed by atoms with Crippen LogP contribution >= 0.6 is 15.9 Å². The Morgan fingerprint density at radius 3 is 2.53 bits per heavy atom. The van der Waals surface area contributed by atoms with Crippen molar-refractivity contribution < 1.29 is 19.4 Å². The summed E-state index contributed by atoms with van der Waals surface area (Å²) in [5.41, 5.74) is 0.659. The first-order valence-electron chi connectivity index (χ1n) is 4.20. The second-order valence-corrected chi connectivity index (χ2v) is 3.74. The van der Waals surface area contributed by atoms with Gasteiger partial charge in [0.15, 0.2) is 11.5 Å². The van der Waals surface area contributed by atoms with Crippen LogP contribution in [0.1, 0.15) is 5.56 Å². The number of halogens is 1. The molecule has 0 saturated carbocycles. The van der Waals surface area contributed by atoms with Crippen LogP contribution in [-0.4, -0.2) is 25.3 Å². The largest absolute Gasteiger partial charge is 0.493 e. The van der Waals surface area contributed by atoms with E-state index < -0.39 is 5.97 Å². The molecular weight excluding hydrogens is 264 g/mol. The molecule has 15 heavy (non-hydrogen) atoms. The third kappa shape index (κ3) is 2.86. The second-order valence-electron chi connectivity index (χ2n) is 2.88. The average Bonchev–Trinajstić information content (AvgIpc) is 2.15. The third-order valence-electron chi connectivity index (χ3n) is 1.85. The monoisotopic (exact) mass is 274 g/mol. The Morgan fingerprint density at radius 1 is 1.40 bits per heavy atom. The summed E-state index contributed by atoms with van der Waals surface area (Å²) >= 11 is 3.29. The molecule has 1 rings (SSSR count). The highest BCUT2D eigenvalue weighted by atomic mass is 79.9. The molecule has 0 fully saturated rings. The van der Waals surface area contributed by atoms with Gasteiger partial charge in [0.1, 0.15) is 0 Å². The molecule has 4 nitrogen and oxygen atoms in total. The van der Waals surface area contributed by atoms with Crippen LogP contribution in [0, 0.1) is 0 Å². The molecule has 5 heteroatoms. The molecule has 0 aliphatic carbocycles. The Bertz CT molecular complexity index is 376. The maximum absolute atomic E-state index is 10.5. The van der Waals surface area contributed by atoms with E-state index in [0.29, 0.717) is 21.5 Å². The van der Waals surface area contributed by atoms with Gasteiger partial charge in [-0.3, -0.25) is 4.79 Å². The number of aliphatic carboxylic acids is 1. The van der Waals surface area contributed by atoms with Crippen LogP contribution in [0.3, 0.4) is 0 Å². The van der Waals surface area contributed by atoms with E-state index in [-0.39, 0.29) is 6.42 Å². The van der Waals surface area contributed by atoms with Gasteiger partial charge in [-0.25, -0.2) is 0 Å². The predicted octanol–water partition coefficient (Wildman–Crippen LogP) is 2.09. The summed E-state index contributed by atoms with van der Waals surface area (Å²) in [6, 6.07) is 3.35. The van der Waals surface area contributed by atoms with E-state index in [4.69, 9.17) is 14.6 Å². The molecular formula is C10H11BrO4. The van der Waals surface area contributed by atoms with Crippen molar-refractivity contribution in [3.8, 4) is 11.5 Å². The van der Waals surface area contributed by atoms with E-state index in [1.165, 1.54) is 14.2 Å². The molecule has 0 atom stereocenters. The molecule has 1 N–H and O–H groups in total. The summed E-state index contributed by atoms with van der Waals surface area (Å²) in [4.78, 5) is 10.5. The van der Waals surface area contributed by atoms with Gasteiger partial charge >= 0.3 is 5.97 Å². The first-order valence-corrected chi connectivity index (χ1v) is 5.00. The summed E-state index contributed by atoms with van der Waals surface area (Å²) in [6.07, 6.45) is -0.0427. The van der Waals surface area contributed by atoms with Gasteiger partial charge in [0, 0.05) is 0 Å². The van der Waals surface area contributed by atoms with Gasteiger partial charge in [-0.1, -0.05) is 0 Å². The molecule has 0 aliphatic heterocycles. The van der Waals surface area contributed by atoms with E-state index in [1.807, 2.05) is 0 Å². The van der Waals surface area contributed by atoms with E-state index in [1.54, 1.807) is 12.1 Å². The zero-order chi connectivity index (χ0) is 11.4. The number of benzene rings is 1. The number of hydrogen-bond acceptors (Lipinski definition) is 3. The van der Waals surface area contributed by atoms with E-state index in [2.05, 4.69) is 15.9 Å². The van der Waals surface area contributed by atoms with Crippen LogP contribution in [0.4, 0.5) is 0 Å². The van der Waals surface area contributed by atoms with Crippen molar-refractivity contribution in [1.29, 1.82) is 0 Å². The van der Waals surface area contributed by atoms with Crippen LogP contribution in [0.25, 0.3) is 0 Å². The van der Waals surface area contributed by atoms with Gasteiger partial charge in [-0.15, -0.1) is 0 Å². The first kappa shape index (κ1) is 11.8. The highest BCUT2D eigenvalue weighted by Crippen LogP contribution is 2.36. The Kier molecular flexibility index (Phi) is 3.96. The first-order chi connectivity index (χ1) is 7.08. The standard InChI is InChI=1S/C10H11BrO4/c1-14-8-4-6(5-9(12)13)3-7(11)10(8)15-2/h3-4H,5H2,1-2H3,(H,12,13). The predicted molar refractivity (Wildman–Crippen MR) is 58.6 cm³/mol. The lowest BCUT2D eigenvalue weighted by molar-refractivity contribution is -0.136. The lowest BCUT2D eigenvalue weighted by atomic mass is 10.1. The van der Waals surface area contributed by atoms with Crippen molar-refractivity contribution in [2.24, 2.45) is 0 Å².